The Labute approximate surface area is 241 Å². The van der Waals surface area contributed by atoms with E-state index in [-0.39, 0.29) is 28.7 Å². The monoisotopic (exact) mass is 575 g/mol. The van der Waals surface area contributed by atoms with E-state index in [1.165, 1.54) is 0 Å². The van der Waals surface area contributed by atoms with Crippen LogP contribution >= 0.6 is 0 Å². The van der Waals surface area contributed by atoms with Crippen LogP contribution in [0.5, 0.6) is 17.2 Å². The second kappa shape index (κ2) is 11.1. The zero-order valence-electron chi connectivity index (χ0n) is 23.2. The van der Waals surface area contributed by atoms with Gasteiger partial charge in [0, 0.05) is 23.1 Å². The average Bonchev–Trinajstić information content (AvgIpc) is 3.52. The number of amides is 1. The van der Waals surface area contributed by atoms with Gasteiger partial charge in [-0.1, -0.05) is 17.3 Å². The van der Waals surface area contributed by atoms with E-state index in [9.17, 15) is 18.7 Å². The molecular formula is C32H31F2N3O5. The predicted molar refractivity (Wildman–Crippen MR) is 149 cm³/mol. The molecule has 42 heavy (non-hydrogen) atoms. The topological polar surface area (TPSA) is 107 Å². The number of fused-ring (bicyclic) bond motifs is 3. The van der Waals surface area contributed by atoms with Crippen LogP contribution < -0.4 is 14.8 Å². The van der Waals surface area contributed by atoms with Crippen molar-refractivity contribution in [1.29, 1.82) is 0 Å². The van der Waals surface area contributed by atoms with Crippen LogP contribution in [0.4, 0.5) is 8.78 Å². The number of phenolic OH excluding ortho intramolecular Hbond substituents is 1. The minimum absolute atomic E-state index is 0.0324. The number of methoxy groups -OCH3 is 1. The average molecular weight is 576 g/mol. The molecule has 0 atom stereocenters. The number of halogens is 2. The molecule has 1 aromatic heterocycles. The number of benzene rings is 3. The maximum absolute atomic E-state index is 14.8. The molecule has 218 valence electrons. The maximum atomic E-state index is 14.8. The third-order valence-electron chi connectivity index (χ3n) is 8.84. The highest BCUT2D eigenvalue weighted by Crippen LogP contribution is 2.57. The number of aromatic hydroxyl groups is 1. The first kappa shape index (κ1) is 27.7. The van der Waals surface area contributed by atoms with E-state index in [1.807, 2.05) is 0 Å². The van der Waals surface area contributed by atoms with Gasteiger partial charge in [0.1, 0.15) is 18.1 Å². The van der Waals surface area contributed by atoms with E-state index >= 15 is 0 Å². The molecule has 3 aliphatic rings. The van der Waals surface area contributed by atoms with Gasteiger partial charge in [-0.25, -0.2) is 8.78 Å². The number of ether oxygens (including phenoxy) is 2. The first-order valence-corrected chi connectivity index (χ1v) is 13.9. The molecule has 0 radical (unpaired) electrons. The van der Waals surface area contributed by atoms with Crippen LogP contribution in [0, 0.1) is 17.0 Å². The fourth-order valence-electron chi connectivity index (χ4n) is 6.10. The summed E-state index contributed by atoms with van der Waals surface area (Å²) in [5.41, 5.74) is 1.12. The van der Waals surface area contributed by atoms with E-state index in [0.29, 0.717) is 24.0 Å². The van der Waals surface area contributed by atoms with Crippen molar-refractivity contribution >= 4 is 5.91 Å². The fraction of sp³-hybridized carbons (Fsp3) is 0.344. The summed E-state index contributed by atoms with van der Waals surface area (Å²) < 4.78 is 45.6. The number of hydrogen-bond acceptors (Lipinski definition) is 7. The Hall–Kier alpha value is -4.47. The fourth-order valence-corrected chi connectivity index (χ4v) is 6.10. The predicted octanol–water partition coefficient (Wildman–Crippen LogP) is 6.33. The van der Waals surface area contributed by atoms with Gasteiger partial charge in [-0.2, -0.15) is 4.98 Å². The Morgan fingerprint density at radius 3 is 2.24 bits per heavy atom. The van der Waals surface area contributed by atoms with Crippen LogP contribution in [0.15, 0.2) is 65.2 Å². The third kappa shape index (κ3) is 5.41. The summed E-state index contributed by atoms with van der Waals surface area (Å²) >= 11 is 0. The molecule has 10 heteroatoms. The summed E-state index contributed by atoms with van der Waals surface area (Å²) in [4.78, 5) is 17.6. The van der Waals surface area contributed by atoms with Gasteiger partial charge in [-0.15, -0.1) is 0 Å². The molecule has 0 saturated heterocycles. The molecular weight excluding hydrogens is 544 g/mol. The van der Waals surface area contributed by atoms with Gasteiger partial charge >= 0.3 is 0 Å². The molecule has 0 spiro atoms. The highest BCUT2D eigenvalue weighted by atomic mass is 19.1. The van der Waals surface area contributed by atoms with Gasteiger partial charge in [0.15, 0.2) is 23.2 Å². The van der Waals surface area contributed by atoms with Crippen molar-refractivity contribution in [2.75, 3.05) is 13.7 Å². The van der Waals surface area contributed by atoms with E-state index in [2.05, 4.69) is 15.5 Å². The quantitative estimate of drug-likeness (QED) is 0.240. The highest BCUT2D eigenvalue weighted by molar-refractivity contribution is 5.94. The van der Waals surface area contributed by atoms with Crippen molar-refractivity contribution < 1.29 is 32.7 Å². The first-order chi connectivity index (χ1) is 20.3. The zero-order chi connectivity index (χ0) is 29.3. The summed E-state index contributed by atoms with van der Waals surface area (Å²) in [5.74, 6) is -0.956. The Morgan fingerprint density at radius 1 is 0.976 bits per heavy atom. The number of nitrogens with one attached hydrogen (secondary N) is 1. The lowest BCUT2D eigenvalue weighted by atomic mass is 9.53. The summed E-state index contributed by atoms with van der Waals surface area (Å²) in [6, 6.07) is 15.6. The number of hydrogen-bond donors (Lipinski definition) is 2. The lowest BCUT2D eigenvalue weighted by Crippen LogP contribution is -2.49. The zero-order valence-corrected chi connectivity index (χ0v) is 23.2. The Kier molecular flexibility index (Phi) is 7.30. The largest absolute Gasteiger partial charge is 0.508 e. The van der Waals surface area contributed by atoms with Crippen LogP contribution in [0.3, 0.4) is 0 Å². The smallest absolute Gasteiger partial charge is 0.257 e. The van der Waals surface area contributed by atoms with Crippen LogP contribution in [-0.4, -0.2) is 34.8 Å². The molecule has 0 aliphatic heterocycles. The van der Waals surface area contributed by atoms with Crippen LogP contribution in [0.25, 0.3) is 11.5 Å². The molecule has 3 saturated carbocycles. The van der Waals surface area contributed by atoms with Gasteiger partial charge in [-0.05, 0) is 98.0 Å². The van der Waals surface area contributed by atoms with Crippen molar-refractivity contribution in [2.45, 2.75) is 50.5 Å². The van der Waals surface area contributed by atoms with Crippen LogP contribution in [0.1, 0.15) is 60.3 Å². The number of phenols is 1. The maximum Gasteiger partial charge on any atom is 0.257 e. The minimum Gasteiger partial charge on any atom is -0.508 e. The molecule has 7 rings (SSSR count). The Balaban J connectivity index is 1.05. The first-order valence-electron chi connectivity index (χ1n) is 13.9. The van der Waals surface area contributed by atoms with E-state index in [4.69, 9.17) is 14.0 Å². The van der Waals surface area contributed by atoms with Crippen LogP contribution in [0.2, 0.25) is 0 Å². The van der Waals surface area contributed by atoms with Crippen LogP contribution in [-0.2, 0) is 12.0 Å². The lowest BCUT2D eigenvalue weighted by molar-refractivity contribution is 0.0335. The van der Waals surface area contributed by atoms with Crippen molar-refractivity contribution in [3.05, 3.63) is 89.2 Å². The molecule has 3 aromatic carbocycles. The standard InChI is InChI=1S/C32H31F2N3O5/c1-40-24-8-2-20(3-9-24)18-41-27-25(33)16-22(17-26(27)34)28(39)35-19-31-10-13-32(14-11-31,15-12-31)30-36-29(42-37-30)21-4-6-23(38)7-5-21/h2-9,16-17,38H,10-15,18-19H2,1H3,(H,35,39). The van der Waals surface area contributed by atoms with E-state index in [1.54, 1.807) is 55.6 Å². The molecule has 1 amide bonds. The second-order valence-corrected chi connectivity index (χ2v) is 11.3. The van der Waals surface area contributed by atoms with Gasteiger partial charge < -0.3 is 24.4 Å². The molecule has 2 N–H and O–H groups in total. The number of carbonyl (C=O) groups is 1. The minimum atomic E-state index is -0.932. The third-order valence-corrected chi connectivity index (χ3v) is 8.84. The van der Waals surface area contributed by atoms with Crippen molar-refractivity contribution in [3.8, 4) is 28.7 Å². The summed E-state index contributed by atoms with van der Waals surface area (Å²) in [7, 11) is 1.55. The molecule has 4 aromatic rings. The lowest BCUT2D eigenvalue weighted by Gasteiger charge is -2.52. The summed E-state index contributed by atoms with van der Waals surface area (Å²) in [6.45, 7) is 0.390. The van der Waals surface area contributed by atoms with Crippen molar-refractivity contribution in [3.63, 3.8) is 0 Å². The van der Waals surface area contributed by atoms with E-state index in [0.717, 1.165) is 61.8 Å². The SMILES string of the molecule is COc1ccc(COc2c(F)cc(C(=O)NCC34CCC(c5noc(-c6ccc(O)cc6)n5)(CC3)CC4)cc2F)cc1. The molecule has 1 heterocycles. The molecule has 2 bridgehead atoms. The van der Waals surface area contributed by atoms with E-state index < -0.39 is 23.3 Å². The van der Waals surface area contributed by atoms with Gasteiger partial charge in [0.2, 0.25) is 0 Å². The number of aromatic nitrogens is 2. The van der Waals surface area contributed by atoms with Crippen molar-refractivity contribution in [2.24, 2.45) is 5.41 Å². The second-order valence-electron chi connectivity index (χ2n) is 11.3. The Morgan fingerprint density at radius 2 is 1.62 bits per heavy atom. The molecule has 0 unspecified atom stereocenters. The summed E-state index contributed by atoms with van der Waals surface area (Å²) in [5, 5.41) is 16.7. The van der Waals surface area contributed by atoms with Gasteiger partial charge in [0.25, 0.3) is 11.8 Å². The van der Waals surface area contributed by atoms with Gasteiger partial charge in [-0.3, -0.25) is 4.79 Å². The Bertz CT molecular complexity index is 1540. The molecule has 3 fully saturated rings. The molecule has 3 aliphatic carbocycles. The molecule has 8 nitrogen and oxygen atoms in total. The number of rotatable bonds is 9. The summed E-state index contributed by atoms with van der Waals surface area (Å²) in [6.07, 6.45) is 5.20. The number of carbonyl (C=O) groups excluding carboxylic acids is 1. The van der Waals surface area contributed by atoms with Crippen molar-refractivity contribution in [1.82, 2.24) is 15.5 Å². The van der Waals surface area contributed by atoms with Gasteiger partial charge in [0.05, 0.1) is 7.11 Å². The number of nitrogens with zero attached hydrogens (tertiary/aromatic N) is 2. The highest BCUT2D eigenvalue weighted by Gasteiger charge is 2.51. The normalized spacial score (nSPS) is 21.2.